The predicted octanol–water partition coefficient (Wildman–Crippen LogP) is 3.53. The van der Waals surface area contributed by atoms with E-state index in [1.54, 1.807) is 0 Å². The molecule has 0 fully saturated rings. The van der Waals surface area contributed by atoms with Crippen molar-refractivity contribution in [2.45, 2.75) is 38.6 Å². The molecule has 1 aliphatic carbocycles. The highest BCUT2D eigenvalue weighted by Crippen LogP contribution is 2.28. The van der Waals surface area contributed by atoms with Crippen molar-refractivity contribution in [1.29, 1.82) is 0 Å². The molecular formula is C15H18BrN3. The largest absolute Gasteiger partial charge is 0.324 e. The van der Waals surface area contributed by atoms with Crippen molar-refractivity contribution < 1.29 is 0 Å². The van der Waals surface area contributed by atoms with Crippen molar-refractivity contribution >= 4 is 15.9 Å². The third-order valence-electron chi connectivity index (χ3n) is 3.78. The van der Waals surface area contributed by atoms with Gasteiger partial charge in [-0.1, -0.05) is 22.0 Å². The molecule has 3 nitrogen and oxygen atoms in total. The van der Waals surface area contributed by atoms with Crippen molar-refractivity contribution in [3.05, 3.63) is 46.0 Å². The molecule has 0 amide bonds. The number of halogens is 1. The normalized spacial score (nSPS) is 16.2. The average Bonchev–Trinajstić information content (AvgIpc) is 2.82. The minimum absolute atomic E-state index is 0.0418. The summed E-state index contributed by atoms with van der Waals surface area (Å²) in [7, 11) is 0. The monoisotopic (exact) mass is 319 g/mol. The molecule has 0 radical (unpaired) electrons. The highest BCUT2D eigenvalue weighted by atomic mass is 79.9. The molecule has 1 atom stereocenters. The number of aryl methyl sites for hydroxylation is 1. The quantitative estimate of drug-likeness (QED) is 0.920. The minimum Gasteiger partial charge on any atom is -0.324 e. The van der Waals surface area contributed by atoms with E-state index in [1.165, 1.54) is 24.2 Å². The van der Waals surface area contributed by atoms with E-state index in [1.807, 2.05) is 13.3 Å². The number of imidazole rings is 1. The first-order chi connectivity index (χ1) is 9.16. The second-order valence-corrected chi connectivity index (χ2v) is 6.06. The molecule has 0 spiro atoms. The maximum absolute atomic E-state index is 5.94. The van der Waals surface area contributed by atoms with Crippen LogP contribution < -0.4 is 5.73 Å². The molecular weight excluding hydrogens is 302 g/mol. The Morgan fingerprint density at radius 1 is 1.32 bits per heavy atom. The maximum Gasteiger partial charge on any atom is 0.0997 e. The lowest BCUT2D eigenvalue weighted by atomic mass is 10.0. The molecule has 1 heterocycles. The highest BCUT2D eigenvalue weighted by molar-refractivity contribution is 9.10. The van der Waals surface area contributed by atoms with Crippen LogP contribution in [-0.2, 0) is 12.8 Å². The van der Waals surface area contributed by atoms with E-state index in [9.17, 15) is 0 Å². The fourth-order valence-corrected chi connectivity index (χ4v) is 3.45. The van der Waals surface area contributed by atoms with Gasteiger partial charge in [0.2, 0.25) is 0 Å². The number of hydrogen-bond donors (Lipinski definition) is 1. The zero-order valence-corrected chi connectivity index (χ0v) is 12.7. The summed E-state index contributed by atoms with van der Waals surface area (Å²) in [4.78, 5) is 4.54. The van der Waals surface area contributed by atoms with Gasteiger partial charge in [-0.15, -0.1) is 0 Å². The first-order valence-electron chi connectivity index (χ1n) is 6.77. The molecule has 2 aromatic rings. The van der Waals surface area contributed by atoms with Gasteiger partial charge in [-0.3, -0.25) is 0 Å². The van der Waals surface area contributed by atoms with Gasteiger partial charge in [-0.05, 0) is 50.3 Å². The van der Waals surface area contributed by atoms with Gasteiger partial charge in [-0.25, -0.2) is 4.98 Å². The Bertz CT molecular complexity index is 601. The van der Waals surface area contributed by atoms with Crippen LogP contribution in [0.5, 0.6) is 0 Å². The zero-order valence-electron chi connectivity index (χ0n) is 11.1. The van der Waals surface area contributed by atoms with Gasteiger partial charge in [0.15, 0.2) is 0 Å². The predicted molar refractivity (Wildman–Crippen MR) is 80.5 cm³/mol. The molecule has 100 valence electrons. The Morgan fingerprint density at radius 3 is 2.84 bits per heavy atom. The van der Waals surface area contributed by atoms with Gasteiger partial charge >= 0.3 is 0 Å². The molecule has 0 bridgehead atoms. The number of benzene rings is 1. The van der Waals surface area contributed by atoms with Gasteiger partial charge in [0, 0.05) is 21.9 Å². The smallest absolute Gasteiger partial charge is 0.0997 e. The number of nitrogens with zero attached hydrogens (tertiary/aromatic N) is 2. The van der Waals surface area contributed by atoms with Crippen LogP contribution in [0.2, 0.25) is 0 Å². The average molecular weight is 320 g/mol. The van der Waals surface area contributed by atoms with Crippen LogP contribution in [0.15, 0.2) is 29.0 Å². The lowest BCUT2D eigenvalue weighted by Crippen LogP contribution is -2.08. The molecule has 3 rings (SSSR count). The molecule has 1 aromatic carbocycles. The lowest BCUT2D eigenvalue weighted by Gasteiger charge is -2.15. The number of hydrogen-bond acceptors (Lipinski definition) is 2. The third kappa shape index (κ3) is 2.35. The Morgan fingerprint density at radius 2 is 2.11 bits per heavy atom. The Hall–Kier alpha value is -1.13. The van der Waals surface area contributed by atoms with Crippen LogP contribution in [0, 0.1) is 0 Å². The van der Waals surface area contributed by atoms with Crippen LogP contribution in [0.3, 0.4) is 0 Å². The molecule has 0 saturated carbocycles. The summed E-state index contributed by atoms with van der Waals surface area (Å²) in [5, 5.41) is 0. The van der Waals surface area contributed by atoms with Crippen molar-refractivity contribution in [1.82, 2.24) is 9.55 Å². The molecule has 2 N–H and O–H groups in total. The van der Waals surface area contributed by atoms with Gasteiger partial charge < -0.3 is 10.3 Å². The van der Waals surface area contributed by atoms with Crippen molar-refractivity contribution in [2.24, 2.45) is 5.73 Å². The van der Waals surface area contributed by atoms with Crippen molar-refractivity contribution in [2.75, 3.05) is 0 Å². The summed E-state index contributed by atoms with van der Waals surface area (Å²) in [6.07, 6.45) is 6.71. The summed E-state index contributed by atoms with van der Waals surface area (Å²) in [5.41, 5.74) is 10.9. The fourth-order valence-electron chi connectivity index (χ4n) is 2.73. The van der Waals surface area contributed by atoms with Gasteiger partial charge in [0.25, 0.3) is 0 Å². The minimum atomic E-state index is 0.0418. The SMILES string of the molecule is C[C@H](N)c1ccc(-n2cnc3c2CCCC3)cc1Br. The van der Waals surface area contributed by atoms with E-state index in [-0.39, 0.29) is 6.04 Å². The number of nitrogens with two attached hydrogens (primary N) is 1. The second kappa shape index (κ2) is 5.10. The molecule has 1 aromatic heterocycles. The second-order valence-electron chi connectivity index (χ2n) is 5.21. The van der Waals surface area contributed by atoms with Crippen LogP contribution >= 0.6 is 15.9 Å². The number of rotatable bonds is 2. The standard InChI is InChI=1S/C15H18BrN3/c1-10(17)12-7-6-11(8-13(12)16)19-9-18-14-4-2-3-5-15(14)19/h6-10H,2-5,17H2,1H3/t10-/m0/s1. The van der Waals surface area contributed by atoms with Crippen LogP contribution in [0.4, 0.5) is 0 Å². The lowest BCUT2D eigenvalue weighted by molar-refractivity contribution is 0.656. The fraction of sp³-hybridized carbons (Fsp3) is 0.400. The van der Waals surface area contributed by atoms with E-state index < -0.39 is 0 Å². The number of aromatic nitrogens is 2. The molecule has 19 heavy (non-hydrogen) atoms. The highest BCUT2D eigenvalue weighted by Gasteiger charge is 2.16. The van der Waals surface area contributed by atoms with E-state index in [4.69, 9.17) is 5.73 Å². The molecule has 0 saturated heterocycles. The Balaban J connectivity index is 2.03. The first-order valence-corrected chi connectivity index (χ1v) is 7.56. The topological polar surface area (TPSA) is 43.8 Å². The van der Waals surface area contributed by atoms with E-state index >= 15 is 0 Å². The maximum atomic E-state index is 5.94. The van der Waals surface area contributed by atoms with Gasteiger partial charge in [0.1, 0.15) is 0 Å². The zero-order chi connectivity index (χ0) is 13.4. The van der Waals surface area contributed by atoms with E-state index in [0.717, 1.165) is 28.6 Å². The first kappa shape index (κ1) is 12.9. The van der Waals surface area contributed by atoms with Crippen LogP contribution in [-0.4, -0.2) is 9.55 Å². The summed E-state index contributed by atoms with van der Waals surface area (Å²) in [5.74, 6) is 0. The van der Waals surface area contributed by atoms with E-state index in [2.05, 4.69) is 43.7 Å². The van der Waals surface area contributed by atoms with E-state index in [0.29, 0.717) is 0 Å². The number of fused-ring (bicyclic) bond motifs is 1. The van der Waals surface area contributed by atoms with Crippen molar-refractivity contribution in [3.63, 3.8) is 0 Å². The Labute approximate surface area is 122 Å². The summed E-state index contributed by atoms with van der Waals surface area (Å²) in [6, 6.07) is 6.40. The molecule has 1 aliphatic rings. The van der Waals surface area contributed by atoms with Crippen LogP contribution in [0.25, 0.3) is 5.69 Å². The van der Waals surface area contributed by atoms with Crippen LogP contribution in [0.1, 0.15) is 42.8 Å². The summed E-state index contributed by atoms with van der Waals surface area (Å²) < 4.78 is 3.28. The summed E-state index contributed by atoms with van der Waals surface area (Å²) in [6.45, 7) is 2.00. The summed E-state index contributed by atoms with van der Waals surface area (Å²) >= 11 is 3.62. The van der Waals surface area contributed by atoms with Crippen molar-refractivity contribution in [3.8, 4) is 5.69 Å². The Kier molecular flexibility index (Phi) is 3.46. The molecule has 4 heteroatoms. The van der Waals surface area contributed by atoms with Gasteiger partial charge in [0.05, 0.1) is 12.0 Å². The molecule has 0 unspecified atom stereocenters. The third-order valence-corrected chi connectivity index (χ3v) is 4.47. The molecule has 0 aliphatic heterocycles. The van der Waals surface area contributed by atoms with Gasteiger partial charge in [-0.2, -0.15) is 0 Å².